The summed E-state index contributed by atoms with van der Waals surface area (Å²) >= 11 is 0. The largest absolute Gasteiger partial charge is 0.494 e. The minimum atomic E-state index is 0.649. The molecule has 0 aliphatic rings. The Morgan fingerprint density at radius 1 is 1.00 bits per heavy atom. The molecule has 4 nitrogen and oxygen atoms in total. The van der Waals surface area contributed by atoms with Crippen LogP contribution in [0.5, 0.6) is 17.2 Å². The average Bonchev–Trinajstić information content (AvgIpc) is 2.53. The Labute approximate surface area is 125 Å². The number of anilines is 1. The third-order valence-corrected chi connectivity index (χ3v) is 3.11. The summed E-state index contributed by atoms with van der Waals surface area (Å²) in [6.45, 7) is 3.28. The topological polar surface area (TPSA) is 39.7 Å². The molecule has 0 aromatic heterocycles. The van der Waals surface area contributed by atoms with E-state index < -0.39 is 0 Å². The van der Waals surface area contributed by atoms with Gasteiger partial charge in [0.25, 0.3) is 0 Å². The van der Waals surface area contributed by atoms with Gasteiger partial charge in [-0.05, 0) is 25.1 Å². The van der Waals surface area contributed by atoms with Gasteiger partial charge in [-0.2, -0.15) is 0 Å². The van der Waals surface area contributed by atoms with Crippen molar-refractivity contribution in [3.05, 3.63) is 48.0 Å². The molecule has 2 aromatic carbocycles. The van der Waals surface area contributed by atoms with E-state index in [0.29, 0.717) is 13.2 Å². The van der Waals surface area contributed by atoms with Gasteiger partial charge in [-0.3, -0.25) is 0 Å². The Morgan fingerprint density at radius 2 is 1.81 bits per heavy atom. The number of methoxy groups -OCH3 is 2. The quantitative estimate of drug-likeness (QED) is 0.842. The molecule has 2 aromatic rings. The van der Waals surface area contributed by atoms with Crippen LogP contribution >= 0.6 is 0 Å². The van der Waals surface area contributed by atoms with E-state index in [2.05, 4.69) is 5.32 Å². The van der Waals surface area contributed by atoms with Gasteiger partial charge in [-0.25, -0.2) is 0 Å². The minimum Gasteiger partial charge on any atom is -0.494 e. The van der Waals surface area contributed by atoms with Gasteiger partial charge in [0.15, 0.2) is 11.5 Å². The molecule has 1 N–H and O–H groups in total. The molecule has 4 heteroatoms. The lowest BCUT2D eigenvalue weighted by Gasteiger charge is -2.14. The van der Waals surface area contributed by atoms with Crippen LogP contribution in [0.4, 0.5) is 5.69 Å². The summed E-state index contributed by atoms with van der Waals surface area (Å²) in [5.74, 6) is 2.36. The first kappa shape index (κ1) is 15.0. The normalized spacial score (nSPS) is 10.0. The molecule has 0 spiro atoms. The monoisotopic (exact) mass is 287 g/mol. The van der Waals surface area contributed by atoms with E-state index in [1.165, 1.54) is 0 Å². The lowest BCUT2D eigenvalue weighted by molar-refractivity contribution is 0.340. The second-order valence-electron chi connectivity index (χ2n) is 4.47. The maximum absolute atomic E-state index is 5.50. The number of para-hydroxylation sites is 1. The lowest BCUT2D eigenvalue weighted by atomic mass is 10.1. The van der Waals surface area contributed by atoms with Gasteiger partial charge in [-0.1, -0.05) is 18.2 Å². The summed E-state index contributed by atoms with van der Waals surface area (Å²) in [7, 11) is 3.29. The first-order valence-corrected chi connectivity index (χ1v) is 6.95. The maximum Gasteiger partial charge on any atom is 0.165 e. The molecule has 0 saturated carbocycles. The number of nitrogens with one attached hydrogen (secondary N) is 1. The number of hydrogen-bond acceptors (Lipinski definition) is 4. The van der Waals surface area contributed by atoms with Gasteiger partial charge in [0.1, 0.15) is 5.75 Å². The third kappa shape index (κ3) is 3.81. The average molecular weight is 287 g/mol. The number of ether oxygens (including phenoxy) is 3. The summed E-state index contributed by atoms with van der Waals surface area (Å²) in [6.07, 6.45) is 0. The Morgan fingerprint density at radius 3 is 2.52 bits per heavy atom. The van der Waals surface area contributed by atoms with E-state index in [4.69, 9.17) is 14.2 Å². The molecule has 0 aliphatic heterocycles. The molecule has 0 radical (unpaired) electrons. The van der Waals surface area contributed by atoms with Gasteiger partial charge in [-0.15, -0.1) is 0 Å². The molecule has 0 aliphatic carbocycles. The molecule has 0 heterocycles. The standard InChI is InChI=1S/C17H21NO3/c1-4-21-15-9-6-8-14(11-15)18-12-13-7-5-10-16(19-2)17(13)20-3/h5-11,18H,4,12H2,1-3H3. The van der Waals surface area contributed by atoms with Gasteiger partial charge in [0.05, 0.1) is 20.8 Å². The maximum atomic E-state index is 5.50. The van der Waals surface area contributed by atoms with Crippen molar-refractivity contribution >= 4 is 5.69 Å². The Kier molecular flexibility index (Phi) is 5.32. The van der Waals surface area contributed by atoms with E-state index in [9.17, 15) is 0 Å². The molecule has 0 atom stereocenters. The lowest BCUT2D eigenvalue weighted by Crippen LogP contribution is -2.03. The number of benzene rings is 2. The van der Waals surface area contributed by atoms with Gasteiger partial charge >= 0.3 is 0 Å². The van der Waals surface area contributed by atoms with Crippen molar-refractivity contribution in [3.8, 4) is 17.2 Å². The van der Waals surface area contributed by atoms with Gasteiger partial charge in [0.2, 0.25) is 0 Å². The van der Waals surface area contributed by atoms with Gasteiger partial charge < -0.3 is 19.5 Å². The molecule has 2 rings (SSSR count). The van der Waals surface area contributed by atoms with Crippen LogP contribution in [0.15, 0.2) is 42.5 Å². The first-order valence-electron chi connectivity index (χ1n) is 6.95. The highest BCUT2D eigenvalue weighted by molar-refractivity contribution is 5.51. The van der Waals surface area contributed by atoms with Crippen LogP contribution in [-0.4, -0.2) is 20.8 Å². The van der Waals surface area contributed by atoms with E-state index in [1.54, 1.807) is 14.2 Å². The second-order valence-corrected chi connectivity index (χ2v) is 4.47. The van der Waals surface area contributed by atoms with Crippen molar-refractivity contribution in [1.29, 1.82) is 0 Å². The highest BCUT2D eigenvalue weighted by Gasteiger charge is 2.09. The Bertz CT molecular complexity index is 584. The molecule has 0 bridgehead atoms. The zero-order valence-electron chi connectivity index (χ0n) is 12.7. The van der Waals surface area contributed by atoms with E-state index in [0.717, 1.165) is 28.5 Å². The predicted molar refractivity (Wildman–Crippen MR) is 84.5 cm³/mol. The first-order chi connectivity index (χ1) is 10.3. The van der Waals surface area contributed by atoms with Gasteiger partial charge in [0, 0.05) is 23.9 Å². The fraction of sp³-hybridized carbons (Fsp3) is 0.294. The summed E-state index contributed by atoms with van der Waals surface area (Å²) in [4.78, 5) is 0. The number of hydrogen-bond donors (Lipinski definition) is 1. The van der Waals surface area contributed by atoms with Crippen LogP contribution in [0.3, 0.4) is 0 Å². The highest BCUT2D eigenvalue weighted by atomic mass is 16.5. The summed E-state index contributed by atoms with van der Waals surface area (Å²) in [6, 6.07) is 13.8. The second kappa shape index (κ2) is 7.43. The third-order valence-electron chi connectivity index (χ3n) is 3.11. The fourth-order valence-electron chi connectivity index (χ4n) is 2.15. The zero-order valence-corrected chi connectivity index (χ0v) is 12.7. The van der Waals surface area contributed by atoms with Crippen molar-refractivity contribution in [3.63, 3.8) is 0 Å². The Hall–Kier alpha value is -2.36. The van der Waals surface area contributed by atoms with Crippen molar-refractivity contribution < 1.29 is 14.2 Å². The predicted octanol–water partition coefficient (Wildman–Crippen LogP) is 3.71. The van der Waals surface area contributed by atoms with Crippen molar-refractivity contribution in [1.82, 2.24) is 0 Å². The van der Waals surface area contributed by atoms with E-state index in [-0.39, 0.29) is 0 Å². The zero-order chi connectivity index (χ0) is 15.1. The molecular weight excluding hydrogens is 266 g/mol. The summed E-state index contributed by atoms with van der Waals surface area (Å²) in [5.41, 5.74) is 2.05. The van der Waals surface area contributed by atoms with Crippen molar-refractivity contribution in [2.75, 3.05) is 26.1 Å². The van der Waals surface area contributed by atoms with E-state index in [1.807, 2.05) is 49.4 Å². The van der Waals surface area contributed by atoms with Crippen LogP contribution in [0, 0.1) is 0 Å². The van der Waals surface area contributed by atoms with Crippen LogP contribution < -0.4 is 19.5 Å². The molecule has 0 amide bonds. The SMILES string of the molecule is CCOc1cccc(NCc2cccc(OC)c2OC)c1. The van der Waals surface area contributed by atoms with Crippen LogP contribution in [0.1, 0.15) is 12.5 Å². The molecular formula is C17H21NO3. The van der Waals surface area contributed by atoms with E-state index >= 15 is 0 Å². The summed E-state index contributed by atoms with van der Waals surface area (Å²) < 4.78 is 16.2. The summed E-state index contributed by atoms with van der Waals surface area (Å²) in [5, 5.41) is 3.37. The van der Waals surface area contributed by atoms with Crippen LogP contribution in [0.25, 0.3) is 0 Å². The fourth-order valence-corrected chi connectivity index (χ4v) is 2.15. The van der Waals surface area contributed by atoms with Crippen LogP contribution in [-0.2, 0) is 6.54 Å². The van der Waals surface area contributed by atoms with Crippen LogP contribution in [0.2, 0.25) is 0 Å². The number of rotatable bonds is 7. The molecule has 0 fully saturated rings. The van der Waals surface area contributed by atoms with Crippen molar-refractivity contribution in [2.24, 2.45) is 0 Å². The van der Waals surface area contributed by atoms with Crippen molar-refractivity contribution in [2.45, 2.75) is 13.5 Å². The molecule has 112 valence electrons. The molecule has 0 unspecified atom stereocenters. The molecule has 21 heavy (non-hydrogen) atoms. The highest BCUT2D eigenvalue weighted by Crippen LogP contribution is 2.31. The smallest absolute Gasteiger partial charge is 0.165 e. The molecule has 0 saturated heterocycles. The minimum absolute atomic E-state index is 0.649. The Balaban J connectivity index is 2.11.